The average molecular weight is 449 g/mol. The molecule has 5 nitrogen and oxygen atoms in total. The minimum atomic E-state index is -0.393. The number of esters is 1. The fourth-order valence-corrected chi connectivity index (χ4v) is 3.60. The van der Waals surface area contributed by atoms with Gasteiger partial charge >= 0.3 is 5.97 Å². The minimum absolute atomic E-state index is 0.0518. The van der Waals surface area contributed by atoms with E-state index in [1.54, 1.807) is 23.6 Å². The Balaban J connectivity index is 1.46. The summed E-state index contributed by atoms with van der Waals surface area (Å²) in [6.45, 7) is 2.04. The van der Waals surface area contributed by atoms with Crippen molar-refractivity contribution in [3.8, 4) is 0 Å². The highest BCUT2D eigenvalue weighted by molar-refractivity contribution is 7.09. The van der Waals surface area contributed by atoms with Crippen LogP contribution in [-0.2, 0) is 33.8 Å². The van der Waals surface area contributed by atoms with Gasteiger partial charge in [0.25, 0.3) is 0 Å². The maximum atomic E-state index is 12.1. The highest BCUT2D eigenvalue weighted by atomic mass is 35.5. The molecule has 150 valence electrons. The molecule has 3 rings (SSSR count). The Morgan fingerprint density at radius 3 is 2.55 bits per heavy atom. The maximum Gasteiger partial charge on any atom is 0.310 e. The summed E-state index contributed by atoms with van der Waals surface area (Å²) in [4.78, 5) is 28.5. The number of thiazole rings is 1. The molecule has 8 heteroatoms. The van der Waals surface area contributed by atoms with Crippen LogP contribution in [0, 0.1) is 6.92 Å². The van der Waals surface area contributed by atoms with Crippen LogP contribution in [0.15, 0.2) is 47.8 Å². The number of halogens is 2. The molecule has 0 radical (unpaired) electrons. The molecule has 1 heterocycles. The Bertz CT molecular complexity index is 1020. The number of aromatic nitrogens is 1. The number of hydrogen-bond acceptors (Lipinski definition) is 5. The summed E-state index contributed by atoms with van der Waals surface area (Å²) in [7, 11) is 0. The first-order valence-corrected chi connectivity index (χ1v) is 10.4. The average Bonchev–Trinajstić information content (AvgIpc) is 3.12. The molecule has 0 saturated heterocycles. The zero-order chi connectivity index (χ0) is 20.8. The second-order valence-corrected chi connectivity index (χ2v) is 8.17. The van der Waals surface area contributed by atoms with Crippen molar-refractivity contribution in [2.45, 2.75) is 26.4 Å². The molecule has 0 aliphatic carbocycles. The third-order valence-electron chi connectivity index (χ3n) is 3.96. The number of nitrogens with one attached hydrogen (secondary N) is 1. The van der Waals surface area contributed by atoms with Gasteiger partial charge in [-0.05, 0) is 36.8 Å². The summed E-state index contributed by atoms with van der Waals surface area (Å²) in [6, 6.07) is 12.6. The predicted octanol–water partition coefficient (Wildman–Crippen LogP) is 5.23. The van der Waals surface area contributed by atoms with Crippen LogP contribution in [0.3, 0.4) is 0 Å². The van der Waals surface area contributed by atoms with E-state index in [0.29, 0.717) is 20.7 Å². The second-order valence-electron chi connectivity index (χ2n) is 6.41. The summed E-state index contributed by atoms with van der Waals surface area (Å²) in [5.41, 5.74) is 3.20. The Kier molecular flexibility index (Phi) is 7.25. The van der Waals surface area contributed by atoms with Crippen LogP contribution in [0.4, 0.5) is 5.69 Å². The number of ether oxygens (including phenoxy) is 1. The van der Waals surface area contributed by atoms with E-state index in [2.05, 4.69) is 10.3 Å². The smallest absolute Gasteiger partial charge is 0.310 e. The van der Waals surface area contributed by atoms with Crippen molar-refractivity contribution < 1.29 is 14.3 Å². The van der Waals surface area contributed by atoms with Crippen LogP contribution in [0.1, 0.15) is 21.8 Å². The molecule has 0 aliphatic heterocycles. The van der Waals surface area contributed by atoms with Gasteiger partial charge in [0.05, 0.1) is 28.6 Å². The Labute approximate surface area is 182 Å². The number of nitrogens with zero attached hydrogens (tertiary/aromatic N) is 1. The minimum Gasteiger partial charge on any atom is -0.459 e. The van der Waals surface area contributed by atoms with Gasteiger partial charge in [0.2, 0.25) is 5.91 Å². The SMILES string of the molecule is Cc1ccc(NC(=O)Cc2nc(COC(=O)Cc3ccc(Cl)c(Cl)c3)cs2)cc1. The van der Waals surface area contributed by atoms with E-state index in [1.165, 1.54) is 11.3 Å². The summed E-state index contributed by atoms with van der Waals surface area (Å²) in [5.74, 6) is -0.540. The Hall–Kier alpha value is -2.41. The second kappa shape index (κ2) is 9.87. The molecule has 0 atom stereocenters. The molecule has 0 unspecified atom stereocenters. The standard InChI is InChI=1S/C21H18Cl2N2O3S/c1-13-2-5-15(6-3-13)24-19(26)10-20-25-16(12-29-20)11-28-21(27)9-14-4-7-17(22)18(23)8-14/h2-8,12H,9-11H2,1H3,(H,24,26). The van der Waals surface area contributed by atoms with Crippen LogP contribution >= 0.6 is 34.5 Å². The number of hydrogen-bond donors (Lipinski definition) is 1. The highest BCUT2D eigenvalue weighted by Crippen LogP contribution is 2.23. The van der Waals surface area contributed by atoms with E-state index >= 15 is 0 Å². The highest BCUT2D eigenvalue weighted by Gasteiger charge is 2.11. The first kappa shape index (κ1) is 21.3. The fourth-order valence-electron chi connectivity index (χ4n) is 2.50. The zero-order valence-corrected chi connectivity index (χ0v) is 17.9. The lowest BCUT2D eigenvalue weighted by molar-refractivity contribution is -0.144. The van der Waals surface area contributed by atoms with Gasteiger partial charge < -0.3 is 10.1 Å². The molecule has 3 aromatic rings. The van der Waals surface area contributed by atoms with Gasteiger partial charge in [-0.2, -0.15) is 0 Å². The third kappa shape index (κ3) is 6.56. The maximum absolute atomic E-state index is 12.1. The van der Waals surface area contributed by atoms with Crippen LogP contribution < -0.4 is 5.32 Å². The van der Waals surface area contributed by atoms with E-state index < -0.39 is 5.97 Å². The third-order valence-corrected chi connectivity index (χ3v) is 5.60. The van der Waals surface area contributed by atoms with Crippen LogP contribution in [0.2, 0.25) is 10.0 Å². The summed E-state index contributed by atoms with van der Waals surface area (Å²) in [5, 5.41) is 6.10. The number of carbonyl (C=O) groups excluding carboxylic acids is 2. The first-order chi connectivity index (χ1) is 13.9. The monoisotopic (exact) mass is 448 g/mol. The van der Waals surface area contributed by atoms with Crippen molar-refractivity contribution in [3.05, 3.63) is 79.7 Å². The van der Waals surface area contributed by atoms with Crippen molar-refractivity contribution in [1.82, 2.24) is 4.98 Å². The van der Waals surface area contributed by atoms with Gasteiger partial charge in [0.15, 0.2) is 0 Å². The molecule has 1 amide bonds. The number of amides is 1. The van der Waals surface area contributed by atoms with Gasteiger partial charge in [-0.3, -0.25) is 9.59 Å². The lowest BCUT2D eigenvalue weighted by Gasteiger charge is -2.05. The van der Waals surface area contributed by atoms with Gasteiger partial charge in [-0.25, -0.2) is 4.98 Å². The number of rotatable bonds is 7. The van der Waals surface area contributed by atoms with Crippen molar-refractivity contribution in [2.75, 3.05) is 5.32 Å². The van der Waals surface area contributed by atoms with Crippen molar-refractivity contribution in [1.29, 1.82) is 0 Å². The summed E-state index contributed by atoms with van der Waals surface area (Å²) >= 11 is 13.2. The van der Waals surface area contributed by atoms with Gasteiger partial charge in [0.1, 0.15) is 11.6 Å². The molecule has 1 N–H and O–H groups in total. The molecule has 0 bridgehead atoms. The van der Waals surface area contributed by atoms with Crippen LogP contribution in [0.5, 0.6) is 0 Å². The van der Waals surface area contributed by atoms with Gasteiger partial charge in [-0.15, -0.1) is 11.3 Å². The first-order valence-electron chi connectivity index (χ1n) is 8.78. The molecular formula is C21H18Cl2N2O3S. The number of benzene rings is 2. The Morgan fingerprint density at radius 2 is 1.83 bits per heavy atom. The molecule has 1 aromatic heterocycles. The van der Waals surface area contributed by atoms with E-state index in [4.69, 9.17) is 27.9 Å². The van der Waals surface area contributed by atoms with Gasteiger partial charge in [0, 0.05) is 11.1 Å². The van der Waals surface area contributed by atoms with E-state index in [9.17, 15) is 9.59 Å². The van der Waals surface area contributed by atoms with Crippen molar-refractivity contribution in [3.63, 3.8) is 0 Å². The quantitative estimate of drug-likeness (QED) is 0.502. The fraction of sp³-hybridized carbons (Fsp3) is 0.190. The van der Waals surface area contributed by atoms with E-state index in [0.717, 1.165) is 16.8 Å². The molecular weight excluding hydrogens is 431 g/mol. The predicted molar refractivity (Wildman–Crippen MR) is 116 cm³/mol. The molecule has 0 saturated carbocycles. The molecule has 2 aromatic carbocycles. The summed E-state index contributed by atoms with van der Waals surface area (Å²) < 4.78 is 5.26. The number of carbonyl (C=O) groups is 2. The zero-order valence-electron chi connectivity index (χ0n) is 15.6. The Morgan fingerprint density at radius 1 is 1.07 bits per heavy atom. The molecule has 29 heavy (non-hydrogen) atoms. The number of anilines is 1. The lowest BCUT2D eigenvalue weighted by Crippen LogP contribution is -2.14. The summed E-state index contributed by atoms with van der Waals surface area (Å²) in [6.07, 6.45) is 0.253. The van der Waals surface area contributed by atoms with Crippen molar-refractivity contribution >= 4 is 52.1 Å². The molecule has 0 spiro atoms. The van der Waals surface area contributed by atoms with Crippen molar-refractivity contribution in [2.24, 2.45) is 0 Å². The normalized spacial score (nSPS) is 10.6. The van der Waals surface area contributed by atoms with Crippen LogP contribution in [0.25, 0.3) is 0 Å². The van der Waals surface area contributed by atoms with Crippen LogP contribution in [-0.4, -0.2) is 16.9 Å². The topological polar surface area (TPSA) is 68.3 Å². The number of aryl methyl sites for hydroxylation is 1. The molecule has 0 aliphatic rings. The van der Waals surface area contributed by atoms with Gasteiger partial charge in [-0.1, -0.05) is 47.0 Å². The molecule has 0 fully saturated rings. The lowest BCUT2D eigenvalue weighted by atomic mass is 10.1. The largest absolute Gasteiger partial charge is 0.459 e. The van der Waals surface area contributed by atoms with E-state index in [1.807, 2.05) is 31.2 Å². The van der Waals surface area contributed by atoms with E-state index in [-0.39, 0.29) is 25.4 Å².